The van der Waals surface area contributed by atoms with Crippen LogP contribution in [0.4, 0.5) is 0 Å². The van der Waals surface area contributed by atoms with Crippen LogP contribution in [0, 0.1) is 0 Å². The molecule has 4 heteroatoms. The first-order chi connectivity index (χ1) is 11.2. The molecule has 0 fully saturated rings. The molecule has 1 aliphatic rings. The highest BCUT2D eigenvalue weighted by molar-refractivity contribution is 6.31. The highest BCUT2D eigenvalue weighted by atomic mass is 35.5. The number of nitrogens with one attached hydrogen (secondary N) is 1. The van der Waals surface area contributed by atoms with Crippen molar-refractivity contribution >= 4 is 22.5 Å². The molecule has 1 N–H and O–H groups in total. The number of rotatable bonds is 3. The van der Waals surface area contributed by atoms with Crippen molar-refractivity contribution in [1.29, 1.82) is 0 Å². The van der Waals surface area contributed by atoms with E-state index in [0.29, 0.717) is 0 Å². The smallest absolute Gasteiger partial charge is 0.0493 e. The summed E-state index contributed by atoms with van der Waals surface area (Å²) in [6.07, 6.45) is 6.79. The summed E-state index contributed by atoms with van der Waals surface area (Å²) in [5.74, 6) is 0. The Morgan fingerprint density at radius 2 is 2.22 bits per heavy atom. The van der Waals surface area contributed by atoms with E-state index in [2.05, 4.69) is 40.1 Å². The molecule has 0 spiro atoms. The van der Waals surface area contributed by atoms with Crippen LogP contribution in [0.2, 0.25) is 5.02 Å². The maximum absolute atomic E-state index is 6.40. The second-order valence-corrected chi connectivity index (χ2v) is 6.86. The second-order valence-electron chi connectivity index (χ2n) is 6.42. The molecule has 118 valence electrons. The summed E-state index contributed by atoms with van der Waals surface area (Å²) in [6, 6.07) is 8.33. The van der Waals surface area contributed by atoms with Crippen LogP contribution in [0.25, 0.3) is 10.9 Å². The minimum Gasteiger partial charge on any atom is -0.358 e. The zero-order chi connectivity index (χ0) is 15.8. The molecule has 0 bridgehead atoms. The fourth-order valence-corrected chi connectivity index (χ4v) is 3.75. The average molecular weight is 326 g/mol. The van der Waals surface area contributed by atoms with Gasteiger partial charge in [0, 0.05) is 53.5 Å². The highest BCUT2D eigenvalue weighted by Gasteiger charge is 2.20. The highest BCUT2D eigenvalue weighted by Crippen LogP contribution is 2.32. The van der Waals surface area contributed by atoms with Gasteiger partial charge < -0.3 is 9.88 Å². The predicted molar refractivity (Wildman–Crippen MR) is 95.0 cm³/mol. The van der Waals surface area contributed by atoms with Crippen molar-refractivity contribution in [2.45, 2.75) is 25.8 Å². The van der Waals surface area contributed by atoms with Gasteiger partial charge >= 0.3 is 0 Å². The SMILES string of the molecule is CN1CCc2[nH]c3c(CCc4cccnc4)cc(Cl)cc3c2C1. The molecule has 2 aromatic heterocycles. The molecule has 3 heterocycles. The molecule has 1 aliphatic heterocycles. The molecular weight excluding hydrogens is 306 g/mol. The van der Waals surface area contributed by atoms with Crippen LogP contribution in [0.3, 0.4) is 0 Å². The monoisotopic (exact) mass is 325 g/mol. The third-order valence-corrected chi connectivity index (χ3v) is 4.95. The second kappa shape index (κ2) is 5.99. The number of aryl methyl sites for hydroxylation is 2. The van der Waals surface area contributed by atoms with Crippen molar-refractivity contribution in [1.82, 2.24) is 14.9 Å². The Hall–Kier alpha value is -1.84. The van der Waals surface area contributed by atoms with Gasteiger partial charge in [-0.1, -0.05) is 17.7 Å². The van der Waals surface area contributed by atoms with Gasteiger partial charge in [-0.25, -0.2) is 0 Å². The zero-order valence-electron chi connectivity index (χ0n) is 13.3. The van der Waals surface area contributed by atoms with Crippen LogP contribution >= 0.6 is 11.6 Å². The Kier molecular flexibility index (Phi) is 3.83. The van der Waals surface area contributed by atoms with Crippen LogP contribution in [0.5, 0.6) is 0 Å². The van der Waals surface area contributed by atoms with E-state index in [-0.39, 0.29) is 0 Å². The number of pyridine rings is 1. The Morgan fingerprint density at radius 1 is 1.30 bits per heavy atom. The van der Waals surface area contributed by atoms with Gasteiger partial charge in [-0.05, 0) is 54.8 Å². The molecule has 1 aromatic carbocycles. The molecule has 0 amide bonds. The Balaban J connectivity index is 1.72. The standard InChI is InChI=1S/C19H20ClN3/c1-23-8-6-18-17(12-23)16-10-15(20)9-14(19(16)22-18)5-4-13-3-2-7-21-11-13/h2-3,7,9-11,22H,4-6,8,12H2,1H3. The fourth-order valence-electron chi connectivity index (χ4n) is 3.51. The minimum absolute atomic E-state index is 0.828. The first kappa shape index (κ1) is 14.7. The summed E-state index contributed by atoms with van der Waals surface area (Å²) >= 11 is 6.40. The van der Waals surface area contributed by atoms with Gasteiger partial charge in [-0.3, -0.25) is 4.98 Å². The van der Waals surface area contributed by atoms with Gasteiger partial charge in [-0.2, -0.15) is 0 Å². The third-order valence-electron chi connectivity index (χ3n) is 4.73. The van der Waals surface area contributed by atoms with E-state index < -0.39 is 0 Å². The summed E-state index contributed by atoms with van der Waals surface area (Å²) in [7, 11) is 2.18. The molecule has 0 radical (unpaired) electrons. The van der Waals surface area contributed by atoms with Crippen molar-refractivity contribution in [3.05, 3.63) is 64.1 Å². The van der Waals surface area contributed by atoms with E-state index in [9.17, 15) is 0 Å². The lowest BCUT2D eigenvalue weighted by Gasteiger charge is -2.22. The fraction of sp³-hybridized carbons (Fsp3) is 0.316. The van der Waals surface area contributed by atoms with Gasteiger partial charge in [0.15, 0.2) is 0 Å². The molecule has 3 nitrogen and oxygen atoms in total. The normalized spacial score (nSPS) is 15.0. The summed E-state index contributed by atoms with van der Waals surface area (Å²) in [6.45, 7) is 2.11. The number of benzene rings is 1. The number of likely N-dealkylation sites (N-methyl/N-ethyl adjacent to an activating group) is 1. The molecule has 4 rings (SSSR count). The molecule has 0 saturated heterocycles. The van der Waals surface area contributed by atoms with Gasteiger partial charge in [0.1, 0.15) is 0 Å². The number of hydrogen-bond acceptors (Lipinski definition) is 2. The van der Waals surface area contributed by atoms with Crippen LogP contribution in [0.15, 0.2) is 36.7 Å². The zero-order valence-corrected chi connectivity index (χ0v) is 14.0. The van der Waals surface area contributed by atoms with Crippen molar-refractivity contribution in [2.75, 3.05) is 13.6 Å². The number of aromatic nitrogens is 2. The maximum Gasteiger partial charge on any atom is 0.0493 e. The molecule has 3 aromatic rings. The molecule has 0 atom stereocenters. The van der Waals surface area contributed by atoms with Crippen LogP contribution in [-0.4, -0.2) is 28.5 Å². The Morgan fingerprint density at radius 3 is 3.04 bits per heavy atom. The minimum atomic E-state index is 0.828. The topological polar surface area (TPSA) is 31.9 Å². The molecule has 23 heavy (non-hydrogen) atoms. The quantitative estimate of drug-likeness (QED) is 0.789. The number of nitrogens with zero attached hydrogens (tertiary/aromatic N) is 2. The summed E-state index contributed by atoms with van der Waals surface area (Å²) in [4.78, 5) is 10.2. The first-order valence-electron chi connectivity index (χ1n) is 8.10. The summed E-state index contributed by atoms with van der Waals surface area (Å²) in [5, 5.41) is 2.12. The number of hydrogen-bond donors (Lipinski definition) is 1. The van der Waals surface area contributed by atoms with Crippen molar-refractivity contribution < 1.29 is 0 Å². The van der Waals surface area contributed by atoms with E-state index in [4.69, 9.17) is 11.6 Å². The molecular formula is C19H20ClN3. The lowest BCUT2D eigenvalue weighted by atomic mass is 10.0. The van der Waals surface area contributed by atoms with E-state index >= 15 is 0 Å². The van der Waals surface area contributed by atoms with E-state index in [0.717, 1.165) is 37.4 Å². The van der Waals surface area contributed by atoms with Crippen molar-refractivity contribution in [3.63, 3.8) is 0 Å². The van der Waals surface area contributed by atoms with Gasteiger partial charge in [-0.15, -0.1) is 0 Å². The Bertz CT molecular complexity index is 839. The first-order valence-corrected chi connectivity index (χ1v) is 8.48. The van der Waals surface area contributed by atoms with Crippen LogP contribution in [-0.2, 0) is 25.8 Å². The number of H-pyrrole nitrogens is 1. The maximum atomic E-state index is 6.40. The van der Waals surface area contributed by atoms with E-state index in [1.54, 1.807) is 0 Å². The van der Waals surface area contributed by atoms with Crippen LogP contribution in [0.1, 0.15) is 22.4 Å². The number of halogens is 1. The largest absolute Gasteiger partial charge is 0.358 e. The van der Waals surface area contributed by atoms with Gasteiger partial charge in [0.25, 0.3) is 0 Å². The van der Waals surface area contributed by atoms with Gasteiger partial charge in [0.05, 0.1) is 0 Å². The van der Waals surface area contributed by atoms with E-state index in [1.807, 2.05) is 18.5 Å². The summed E-state index contributed by atoms with van der Waals surface area (Å²) in [5.41, 5.74) is 6.62. The molecule has 0 saturated carbocycles. The number of aromatic amines is 1. The van der Waals surface area contributed by atoms with Crippen molar-refractivity contribution in [2.24, 2.45) is 0 Å². The lowest BCUT2D eigenvalue weighted by molar-refractivity contribution is 0.313. The summed E-state index contributed by atoms with van der Waals surface area (Å²) < 4.78 is 0. The molecule has 0 unspecified atom stereocenters. The molecule has 0 aliphatic carbocycles. The van der Waals surface area contributed by atoms with Crippen molar-refractivity contribution in [3.8, 4) is 0 Å². The Labute approximate surface area is 141 Å². The average Bonchev–Trinajstić information content (AvgIpc) is 2.91. The van der Waals surface area contributed by atoms with E-state index in [1.165, 1.54) is 33.3 Å². The third kappa shape index (κ3) is 2.87. The van der Waals surface area contributed by atoms with Crippen LogP contribution < -0.4 is 0 Å². The van der Waals surface area contributed by atoms with Gasteiger partial charge in [0.2, 0.25) is 0 Å². The lowest BCUT2D eigenvalue weighted by Crippen LogP contribution is -2.25. The predicted octanol–water partition coefficient (Wildman–Crippen LogP) is 3.99. The number of fused-ring (bicyclic) bond motifs is 3.